The molecule has 2 aliphatic heterocycles. The fourth-order valence-electron chi connectivity index (χ4n) is 3.46. The Balaban J connectivity index is 1.72. The van der Waals surface area contributed by atoms with E-state index in [0.717, 1.165) is 0 Å². The van der Waals surface area contributed by atoms with Crippen LogP contribution < -0.4 is 20.5 Å². The molecular weight excluding hydrogens is 416 g/mol. The van der Waals surface area contributed by atoms with Gasteiger partial charge >= 0.3 is 0 Å². The van der Waals surface area contributed by atoms with Crippen LogP contribution in [0.1, 0.15) is 6.92 Å². The van der Waals surface area contributed by atoms with Gasteiger partial charge in [0.1, 0.15) is 11.8 Å². The van der Waals surface area contributed by atoms with Gasteiger partial charge in [0.2, 0.25) is 5.91 Å². The summed E-state index contributed by atoms with van der Waals surface area (Å²) in [5.74, 6) is -1.21. The lowest BCUT2D eigenvalue weighted by Crippen LogP contribution is -2.42. The molecule has 0 spiro atoms. The highest BCUT2D eigenvalue weighted by atomic mass is 32.1. The van der Waals surface area contributed by atoms with Crippen LogP contribution in [0.25, 0.3) is 0 Å². The van der Waals surface area contributed by atoms with E-state index in [-0.39, 0.29) is 22.9 Å². The highest BCUT2D eigenvalue weighted by molar-refractivity contribution is 7.80. The summed E-state index contributed by atoms with van der Waals surface area (Å²) in [6.45, 7) is 7.40. The van der Waals surface area contributed by atoms with Crippen molar-refractivity contribution in [1.29, 1.82) is 0 Å². The monoisotopic (exact) mass is 441 g/mol. The van der Waals surface area contributed by atoms with Gasteiger partial charge in [-0.2, -0.15) is 0 Å². The number of hydrogen-bond donors (Lipinski definition) is 2. The van der Waals surface area contributed by atoms with Crippen LogP contribution >= 0.6 is 12.2 Å². The van der Waals surface area contributed by atoms with E-state index in [9.17, 15) is 13.6 Å². The zero-order chi connectivity index (χ0) is 21.8. The zero-order valence-electron chi connectivity index (χ0n) is 16.9. The Hall–Kier alpha value is -2.66. The quantitative estimate of drug-likeness (QED) is 0.679. The number of halogens is 2. The van der Waals surface area contributed by atoms with Crippen molar-refractivity contribution < 1.29 is 23.0 Å². The van der Waals surface area contributed by atoms with Gasteiger partial charge in [-0.05, 0) is 30.9 Å². The minimum Gasteiger partial charge on any atom is -0.474 e. The molecule has 8 nitrogen and oxygen atoms in total. The number of ether oxygens (including phenoxy) is 2. The molecule has 0 radical (unpaired) electrons. The smallest absolute Gasteiger partial charge is 0.256 e. The molecule has 1 atom stereocenters. The molecular formula is C19H25F2N5O3S. The Kier molecular flexibility index (Phi) is 6.93. The number of hydrogen-bond acceptors (Lipinski definition) is 7. The highest BCUT2D eigenvalue weighted by Gasteiger charge is 2.30. The van der Waals surface area contributed by atoms with Crippen LogP contribution in [-0.2, 0) is 14.3 Å². The van der Waals surface area contributed by atoms with E-state index in [0.29, 0.717) is 50.8 Å². The van der Waals surface area contributed by atoms with E-state index in [2.05, 4.69) is 17.3 Å². The average Bonchev–Trinajstić information content (AvgIpc) is 2.90. The molecule has 2 heterocycles. The number of nitrogens with one attached hydrogen (secondary N) is 2. The van der Waals surface area contributed by atoms with Crippen molar-refractivity contribution >= 4 is 34.7 Å². The predicted octanol–water partition coefficient (Wildman–Crippen LogP) is 1.34. The first kappa shape index (κ1) is 22.0. The fraction of sp³-hybridized carbons (Fsp3) is 0.474. The van der Waals surface area contributed by atoms with Gasteiger partial charge in [0.05, 0.1) is 26.7 Å². The van der Waals surface area contributed by atoms with Gasteiger partial charge in [0.25, 0.3) is 5.17 Å². The third-order valence-electron chi connectivity index (χ3n) is 4.94. The van der Waals surface area contributed by atoms with Gasteiger partial charge in [-0.25, -0.2) is 14.2 Å². The highest BCUT2D eigenvalue weighted by Crippen LogP contribution is 2.33. The number of rotatable bonds is 4. The second-order valence-electron chi connectivity index (χ2n) is 6.94. The Labute approximate surface area is 179 Å². The van der Waals surface area contributed by atoms with Gasteiger partial charge in [-0.1, -0.05) is 0 Å². The number of nitrogens with zero attached hydrogens (tertiary/aromatic N) is 3. The molecule has 30 heavy (non-hydrogen) atoms. The number of hydrazine groups is 1. The van der Waals surface area contributed by atoms with Crippen molar-refractivity contribution in [3.63, 3.8) is 0 Å². The van der Waals surface area contributed by atoms with Crippen LogP contribution in [0.4, 0.5) is 20.2 Å². The minimum absolute atomic E-state index is 0.111. The van der Waals surface area contributed by atoms with E-state index in [4.69, 9.17) is 21.7 Å². The van der Waals surface area contributed by atoms with Crippen LogP contribution in [0.3, 0.4) is 0 Å². The number of benzene rings is 1. The molecule has 164 valence electrons. The lowest BCUT2D eigenvalue weighted by Gasteiger charge is -2.25. The van der Waals surface area contributed by atoms with Gasteiger partial charge in [-0.3, -0.25) is 9.80 Å². The van der Waals surface area contributed by atoms with Crippen molar-refractivity contribution in [3.05, 3.63) is 36.2 Å². The van der Waals surface area contributed by atoms with Gasteiger partial charge in [0, 0.05) is 32.2 Å². The minimum atomic E-state index is -0.684. The van der Waals surface area contributed by atoms with Crippen molar-refractivity contribution in [3.8, 4) is 0 Å². The molecule has 1 aromatic rings. The first-order valence-electron chi connectivity index (χ1n) is 9.50. The molecule has 2 aliphatic rings. The summed E-state index contributed by atoms with van der Waals surface area (Å²) in [4.78, 5) is 14.7. The molecule has 2 fully saturated rings. The fourth-order valence-corrected chi connectivity index (χ4v) is 3.54. The molecule has 0 unspecified atom stereocenters. The number of carbonyl (C=O) groups excluding carboxylic acids is 1. The summed E-state index contributed by atoms with van der Waals surface area (Å²) in [5, 5.41) is 4.57. The molecule has 2 N–H and O–H groups in total. The Morgan fingerprint density at radius 1 is 1.37 bits per heavy atom. The van der Waals surface area contributed by atoms with Crippen LogP contribution in [0.5, 0.6) is 0 Å². The first-order chi connectivity index (χ1) is 14.3. The maximum Gasteiger partial charge on any atom is 0.256 e. The normalized spacial score (nSPS) is 19.4. The molecule has 1 aromatic carbocycles. The average molecular weight is 442 g/mol. The van der Waals surface area contributed by atoms with Gasteiger partial charge in [0.15, 0.2) is 17.5 Å². The Morgan fingerprint density at radius 2 is 2.07 bits per heavy atom. The van der Waals surface area contributed by atoms with Crippen LogP contribution in [0, 0.1) is 11.6 Å². The summed E-state index contributed by atoms with van der Waals surface area (Å²) in [6.07, 6.45) is -0.300. The van der Waals surface area contributed by atoms with Crippen molar-refractivity contribution in [2.45, 2.75) is 13.0 Å². The largest absolute Gasteiger partial charge is 0.474 e. The van der Waals surface area contributed by atoms with Gasteiger partial charge in [-0.15, -0.1) is 0 Å². The molecule has 1 amide bonds. The molecule has 0 saturated carbocycles. The number of thiocarbonyl (C=S) groups is 1. The van der Waals surface area contributed by atoms with Crippen molar-refractivity contribution in [1.82, 2.24) is 15.8 Å². The molecule has 3 rings (SSSR count). The number of anilines is 2. The summed E-state index contributed by atoms with van der Waals surface area (Å²) < 4.78 is 40.4. The zero-order valence-corrected chi connectivity index (χ0v) is 17.7. The summed E-state index contributed by atoms with van der Waals surface area (Å²) in [5.41, 5.74) is 3.15. The number of carbonyl (C=O) groups is 1. The topological polar surface area (TPSA) is 69.3 Å². The molecule has 0 aliphatic carbocycles. The summed E-state index contributed by atoms with van der Waals surface area (Å²) in [7, 11) is 1.46. The number of methoxy groups -OCH3 is 1. The van der Waals surface area contributed by atoms with E-state index in [1.165, 1.54) is 31.2 Å². The molecule has 0 bridgehead atoms. The summed E-state index contributed by atoms with van der Waals surface area (Å²) in [6, 6.07) is 2.53. The first-order valence-corrected chi connectivity index (χ1v) is 9.91. The van der Waals surface area contributed by atoms with E-state index in [1.807, 2.05) is 0 Å². The predicted molar refractivity (Wildman–Crippen MR) is 113 cm³/mol. The third-order valence-corrected chi connectivity index (χ3v) is 5.25. The van der Waals surface area contributed by atoms with E-state index < -0.39 is 11.6 Å². The van der Waals surface area contributed by atoms with Crippen molar-refractivity contribution in [2.24, 2.45) is 0 Å². The summed E-state index contributed by atoms with van der Waals surface area (Å²) >= 11 is 4.93. The van der Waals surface area contributed by atoms with Crippen LogP contribution in [0.2, 0.25) is 0 Å². The van der Waals surface area contributed by atoms with E-state index >= 15 is 0 Å². The number of amides is 1. The SMILES string of the molecule is C=C1O[C@@H](CNC(=S)OC)CN1c1cc(F)c(N2CCNN(C(C)=O)CC2)c(F)c1. The maximum atomic E-state index is 14.9. The van der Waals surface area contributed by atoms with Crippen LogP contribution in [-0.4, -0.2) is 68.6 Å². The van der Waals surface area contributed by atoms with Gasteiger partial charge < -0.3 is 24.6 Å². The van der Waals surface area contributed by atoms with Crippen LogP contribution in [0.15, 0.2) is 24.6 Å². The van der Waals surface area contributed by atoms with E-state index in [1.54, 1.807) is 9.80 Å². The molecule has 0 aromatic heterocycles. The second-order valence-corrected chi connectivity index (χ2v) is 7.31. The third kappa shape index (κ3) is 4.90. The Bertz CT molecular complexity index is 817. The molecule has 11 heteroatoms. The lowest BCUT2D eigenvalue weighted by molar-refractivity contribution is -0.131. The van der Waals surface area contributed by atoms with Crippen molar-refractivity contribution in [2.75, 3.05) is 56.2 Å². The molecule has 2 saturated heterocycles. The standard InChI is InChI=1S/C19H25F2N5O3S/c1-12(27)26-7-6-24(5-4-23-26)18-16(20)8-14(9-17(18)21)25-11-15(29-13(25)2)10-22-19(30)28-3/h8-9,15,23H,2,4-7,10-11H2,1,3H3,(H,22,30)/t15-/m0/s1. The Morgan fingerprint density at radius 3 is 2.70 bits per heavy atom. The maximum absolute atomic E-state index is 14.9. The lowest BCUT2D eigenvalue weighted by atomic mass is 10.2. The second kappa shape index (κ2) is 9.43.